The molecule has 0 saturated heterocycles. The number of nitrogens with zero attached hydrogens (tertiary/aromatic N) is 6. The topological polar surface area (TPSA) is 82.5 Å². The summed E-state index contributed by atoms with van der Waals surface area (Å²) in [5.74, 6) is 1.82. The van der Waals surface area contributed by atoms with E-state index in [0.29, 0.717) is 6.42 Å². The van der Waals surface area contributed by atoms with Crippen molar-refractivity contribution in [2.75, 3.05) is 0 Å². The molecule has 0 N–H and O–H groups in total. The fourth-order valence-corrected chi connectivity index (χ4v) is 3.91. The van der Waals surface area contributed by atoms with E-state index in [1.165, 1.54) is 6.39 Å². The maximum Gasteiger partial charge on any atom is 0.181 e. The first-order valence-corrected chi connectivity index (χ1v) is 9.53. The maximum absolute atomic E-state index is 5.10. The van der Waals surface area contributed by atoms with Crippen molar-refractivity contribution in [2.24, 2.45) is 7.05 Å². The molecule has 0 amide bonds. The van der Waals surface area contributed by atoms with Gasteiger partial charge < -0.3 is 8.98 Å². The fraction of sp³-hybridized carbons (Fsp3) is 0.227. The minimum Gasteiger partial charge on any atom is -0.451 e. The normalized spacial score (nSPS) is 11.6. The predicted octanol–water partition coefficient (Wildman–Crippen LogP) is 3.97. The first kappa shape index (κ1) is 17.5. The molecule has 144 valence electrons. The molecular weight excluding hydrogens is 364 g/mol. The van der Waals surface area contributed by atoms with E-state index in [1.54, 1.807) is 6.26 Å². The van der Waals surface area contributed by atoms with Crippen molar-refractivity contribution in [2.45, 2.75) is 26.7 Å². The number of benzene rings is 1. The van der Waals surface area contributed by atoms with E-state index in [4.69, 9.17) is 19.4 Å². The van der Waals surface area contributed by atoms with Crippen molar-refractivity contribution in [3.05, 3.63) is 66.2 Å². The van der Waals surface area contributed by atoms with Crippen molar-refractivity contribution < 1.29 is 4.42 Å². The lowest BCUT2D eigenvalue weighted by atomic mass is 10.1. The number of oxazole rings is 1. The first-order valence-electron chi connectivity index (χ1n) is 9.53. The summed E-state index contributed by atoms with van der Waals surface area (Å²) >= 11 is 0. The van der Waals surface area contributed by atoms with Gasteiger partial charge in [0.25, 0.3) is 0 Å². The zero-order valence-electron chi connectivity index (χ0n) is 16.5. The Balaban J connectivity index is 1.46. The highest BCUT2D eigenvalue weighted by Crippen LogP contribution is 2.25. The van der Waals surface area contributed by atoms with Crippen LogP contribution in [0.2, 0.25) is 0 Å². The van der Waals surface area contributed by atoms with E-state index < -0.39 is 0 Å². The monoisotopic (exact) mass is 384 g/mol. The van der Waals surface area contributed by atoms with Gasteiger partial charge in [-0.15, -0.1) is 0 Å². The molecule has 1 aromatic carbocycles. The predicted molar refractivity (Wildman–Crippen MR) is 110 cm³/mol. The van der Waals surface area contributed by atoms with Gasteiger partial charge in [0, 0.05) is 37.0 Å². The summed E-state index contributed by atoms with van der Waals surface area (Å²) in [6.45, 7) is 3.97. The van der Waals surface area contributed by atoms with Gasteiger partial charge in [-0.25, -0.2) is 19.9 Å². The molecule has 0 saturated carbocycles. The first-order chi connectivity index (χ1) is 14.1. The number of hydrogen-bond acceptors (Lipinski definition) is 6. The fourth-order valence-electron chi connectivity index (χ4n) is 3.91. The van der Waals surface area contributed by atoms with Gasteiger partial charge in [0.1, 0.15) is 23.6 Å². The molecule has 0 unspecified atom stereocenters. The van der Waals surface area contributed by atoms with Crippen LogP contribution in [0.15, 0.2) is 47.5 Å². The van der Waals surface area contributed by atoms with Gasteiger partial charge in [-0.3, -0.25) is 4.98 Å². The number of fused-ring (bicyclic) bond motifs is 3. The van der Waals surface area contributed by atoms with Crippen LogP contribution in [-0.4, -0.2) is 29.5 Å². The van der Waals surface area contributed by atoms with Gasteiger partial charge in [-0.2, -0.15) is 0 Å². The summed E-state index contributed by atoms with van der Waals surface area (Å²) < 4.78 is 7.25. The van der Waals surface area contributed by atoms with E-state index in [1.807, 2.05) is 32.2 Å². The standard InChI is InChI=1S/C22H20N6O/c1-13-21(17-11-29-12-24-17)14(2)26-19(25-13)8-9-20-27-22-15-5-4-10-23-16(15)6-7-18(22)28(20)3/h4-7,10-12H,8-9H2,1-3H3. The molecule has 0 aliphatic carbocycles. The Labute approximate surface area is 167 Å². The smallest absolute Gasteiger partial charge is 0.181 e. The number of pyridine rings is 1. The van der Waals surface area contributed by atoms with Gasteiger partial charge in [0.05, 0.1) is 27.9 Å². The van der Waals surface area contributed by atoms with Crippen LogP contribution in [0.5, 0.6) is 0 Å². The highest BCUT2D eigenvalue weighted by atomic mass is 16.3. The van der Waals surface area contributed by atoms with Crippen LogP contribution >= 0.6 is 0 Å². The van der Waals surface area contributed by atoms with E-state index >= 15 is 0 Å². The molecule has 0 spiro atoms. The average molecular weight is 384 g/mol. The summed E-state index contributed by atoms with van der Waals surface area (Å²) in [6, 6.07) is 8.14. The maximum atomic E-state index is 5.10. The zero-order chi connectivity index (χ0) is 20.0. The van der Waals surface area contributed by atoms with Gasteiger partial charge in [-0.05, 0) is 38.1 Å². The molecule has 5 rings (SSSR count). The Hall–Kier alpha value is -3.61. The van der Waals surface area contributed by atoms with Gasteiger partial charge in [0.15, 0.2) is 6.39 Å². The molecule has 5 aromatic rings. The van der Waals surface area contributed by atoms with Crippen molar-refractivity contribution in [1.82, 2.24) is 29.5 Å². The number of aromatic nitrogens is 6. The molecule has 4 heterocycles. The Morgan fingerprint density at radius 3 is 2.55 bits per heavy atom. The number of rotatable bonds is 4. The van der Waals surface area contributed by atoms with Gasteiger partial charge >= 0.3 is 0 Å². The molecule has 0 aliphatic rings. The Morgan fingerprint density at radius 1 is 0.966 bits per heavy atom. The third-order valence-electron chi connectivity index (χ3n) is 5.30. The molecule has 4 aromatic heterocycles. The molecule has 7 nitrogen and oxygen atoms in total. The van der Waals surface area contributed by atoms with Crippen molar-refractivity contribution in [3.8, 4) is 11.3 Å². The molecule has 7 heteroatoms. The second kappa shape index (κ2) is 6.77. The minimum absolute atomic E-state index is 0.716. The van der Waals surface area contributed by atoms with E-state index in [2.05, 4.69) is 33.7 Å². The van der Waals surface area contributed by atoms with Crippen LogP contribution < -0.4 is 0 Å². The van der Waals surface area contributed by atoms with Gasteiger partial charge in [-0.1, -0.05) is 0 Å². The van der Waals surface area contributed by atoms with Crippen molar-refractivity contribution in [1.29, 1.82) is 0 Å². The molecule has 0 radical (unpaired) electrons. The third-order valence-corrected chi connectivity index (χ3v) is 5.30. The molecule has 0 aliphatic heterocycles. The van der Waals surface area contributed by atoms with E-state index in [9.17, 15) is 0 Å². The highest BCUT2D eigenvalue weighted by Gasteiger charge is 2.15. The summed E-state index contributed by atoms with van der Waals surface area (Å²) in [5, 5.41) is 1.08. The van der Waals surface area contributed by atoms with Crippen molar-refractivity contribution in [3.63, 3.8) is 0 Å². The third kappa shape index (κ3) is 2.95. The second-order valence-corrected chi connectivity index (χ2v) is 7.15. The largest absolute Gasteiger partial charge is 0.451 e. The quantitative estimate of drug-likeness (QED) is 0.466. The lowest BCUT2D eigenvalue weighted by Gasteiger charge is -2.09. The SMILES string of the molecule is Cc1nc(CCc2nc3c4cccnc4ccc3n2C)nc(C)c1-c1cocn1. The molecule has 0 bridgehead atoms. The Morgan fingerprint density at radius 2 is 1.79 bits per heavy atom. The van der Waals surface area contributed by atoms with E-state index in [-0.39, 0.29) is 0 Å². The Kier molecular flexibility index (Phi) is 4.08. The summed E-state index contributed by atoms with van der Waals surface area (Å²) in [7, 11) is 2.05. The summed E-state index contributed by atoms with van der Waals surface area (Å²) in [4.78, 5) is 23.0. The number of aryl methyl sites for hydroxylation is 5. The van der Waals surface area contributed by atoms with Gasteiger partial charge in [0.2, 0.25) is 0 Å². The molecule has 0 fully saturated rings. The number of hydrogen-bond donors (Lipinski definition) is 0. The van der Waals surface area contributed by atoms with Crippen LogP contribution in [0.4, 0.5) is 0 Å². The average Bonchev–Trinajstić information content (AvgIpc) is 3.34. The van der Waals surface area contributed by atoms with Crippen LogP contribution in [0.1, 0.15) is 23.0 Å². The van der Waals surface area contributed by atoms with Crippen LogP contribution in [0.25, 0.3) is 33.2 Å². The lowest BCUT2D eigenvalue weighted by molar-refractivity contribution is 0.558. The summed E-state index contributed by atoms with van der Waals surface area (Å²) in [6.07, 6.45) is 6.33. The number of imidazole rings is 1. The van der Waals surface area contributed by atoms with Crippen LogP contribution in [0.3, 0.4) is 0 Å². The van der Waals surface area contributed by atoms with Crippen LogP contribution in [-0.2, 0) is 19.9 Å². The summed E-state index contributed by atoms with van der Waals surface area (Å²) in [5.41, 5.74) is 6.57. The lowest BCUT2D eigenvalue weighted by Crippen LogP contribution is -2.06. The minimum atomic E-state index is 0.716. The Bertz CT molecular complexity index is 1310. The molecule has 29 heavy (non-hydrogen) atoms. The van der Waals surface area contributed by atoms with Crippen LogP contribution in [0, 0.1) is 13.8 Å². The zero-order valence-corrected chi connectivity index (χ0v) is 16.5. The molecule has 0 atom stereocenters. The second-order valence-electron chi connectivity index (χ2n) is 7.15. The van der Waals surface area contributed by atoms with E-state index in [0.717, 1.165) is 62.7 Å². The molecular formula is C22H20N6O. The van der Waals surface area contributed by atoms with Crippen molar-refractivity contribution >= 4 is 21.9 Å². The highest BCUT2D eigenvalue weighted by molar-refractivity contribution is 6.02.